The molecule has 1 N–H and O–H groups in total. The fourth-order valence-electron chi connectivity index (χ4n) is 2.68. The molecule has 6 nitrogen and oxygen atoms in total. The Bertz CT molecular complexity index is 748. The van der Waals surface area contributed by atoms with Gasteiger partial charge in [-0.15, -0.1) is 0 Å². The Morgan fingerprint density at radius 1 is 1.24 bits per heavy atom. The van der Waals surface area contributed by atoms with Gasteiger partial charge in [0.05, 0.1) is 19.8 Å². The van der Waals surface area contributed by atoms with E-state index in [0.29, 0.717) is 24.4 Å². The molecule has 2 amide bonds. The fourth-order valence-corrected chi connectivity index (χ4v) is 2.68. The Labute approximate surface area is 146 Å². The Morgan fingerprint density at radius 2 is 2.04 bits per heavy atom. The van der Waals surface area contributed by atoms with Crippen LogP contribution in [0.4, 0.5) is 5.69 Å². The third-order valence-electron chi connectivity index (χ3n) is 4.02. The summed E-state index contributed by atoms with van der Waals surface area (Å²) in [4.78, 5) is 26.0. The summed E-state index contributed by atoms with van der Waals surface area (Å²) in [7, 11) is 1.56. The third kappa shape index (κ3) is 4.16. The number of morpholine rings is 1. The van der Waals surface area contributed by atoms with Crippen LogP contribution in [0.1, 0.15) is 10.4 Å². The van der Waals surface area contributed by atoms with E-state index in [0.717, 1.165) is 5.69 Å². The van der Waals surface area contributed by atoms with Crippen LogP contribution in [0.15, 0.2) is 54.6 Å². The second-order valence-corrected chi connectivity index (χ2v) is 5.71. The number of anilines is 1. The molecule has 6 heteroatoms. The highest BCUT2D eigenvalue weighted by molar-refractivity contribution is 5.95. The van der Waals surface area contributed by atoms with Crippen LogP contribution in [0.3, 0.4) is 0 Å². The summed E-state index contributed by atoms with van der Waals surface area (Å²) in [6, 6.07) is 16.4. The summed E-state index contributed by atoms with van der Waals surface area (Å²) < 4.78 is 10.7. The SMILES string of the molecule is COc1cccc(C(=O)NCC2CN(c3ccccc3)C(=O)CO2)c1. The largest absolute Gasteiger partial charge is 0.497 e. The van der Waals surface area contributed by atoms with Gasteiger partial charge in [-0.25, -0.2) is 0 Å². The summed E-state index contributed by atoms with van der Waals surface area (Å²) in [6.07, 6.45) is -0.257. The molecule has 1 aliphatic heterocycles. The first-order valence-corrected chi connectivity index (χ1v) is 8.06. The van der Waals surface area contributed by atoms with Gasteiger partial charge < -0.3 is 19.7 Å². The molecule has 130 valence electrons. The van der Waals surface area contributed by atoms with E-state index in [2.05, 4.69) is 5.32 Å². The summed E-state index contributed by atoms with van der Waals surface area (Å²) in [5, 5.41) is 2.85. The number of rotatable bonds is 5. The average molecular weight is 340 g/mol. The van der Waals surface area contributed by atoms with Crippen molar-refractivity contribution < 1.29 is 19.1 Å². The Balaban J connectivity index is 1.59. The van der Waals surface area contributed by atoms with Gasteiger partial charge in [0.15, 0.2) is 0 Å². The second-order valence-electron chi connectivity index (χ2n) is 5.71. The van der Waals surface area contributed by atoms with Crippen LogP contribution in [0.25, 0.3) is 0 Å². The molecule has 0 bridgehead atoms. The number of nitrogens with one attached hydrogen (secondary N) is 1. The number of carbonyl (C=O) groups excluding carboxylic acids is 2. The normalized spacial score (nSPS) is 17.2. The Kier molecular flexibility index (Phi) is 5.30. The molecule has 1 unspecified atom stereocenters. The van der Waals surface area contributed by atoms with Crippen LogP contribution < -0.4 is 15.0 Å². The molecule has 2 aromatic carbocycles. The van der Waals surface area contributed by atoms with Gasteiger partial charge in [-0.3, -0.25) is 9.59 Å². The van der Waals surface area contributed by atoms with E-state index in [9.17, 15) is 9.59 Å². The van der Waals surface area contributed by atoms with Gasteiger partial charge >= 0.3 is 0 Å². The minimum Gasteiger partial charge on any atom is -0.497 e. The standard InChI is InChI=1S/C19H20N2O4/c1-24-16-9-5-6-14(10-16)19(23)20-11-17-12-21(18(22)13-25-17)15-7-3-2-4-8-15/h2-10,17H,11-13H2,1H3,(H,20,23). The van der Waals surface area contributed by atoms with Crippen LogP contribution in [-0.2, 0) is 9.53 Å². The molecule has 2 aromatic rings. The smallest absolute Gasteiger partial charge is 0.253 e. The lowest BCUT2D eigenvalue weighted by molar-refractivity contribution is -0.129. The van der Waals surface area contributed by atoms with Gasteiger partial charge in [0.1, 0.15) is 12.4 Å². The van der Waals surface area contributed by atoms with E-state index >= 15 is 0 Å². The highest BCUT2D eigenvalue weighted by Gasteiger charge is 2.27. The van der Waals surface area contributed by atoms with E-state index in [1.807, 2.05) is 30.3 Å². The molecule has 0 aliphatic carbocycles. The topological polar surface area (TPSA) is 67.9 Å². The lowest BCUT2D eigenvalue weighted by Gasteiger charge is -2.32. The molecule has 0 aromatic heterocycles. The van der Waals surface area contributed by atoms with Crippen LogP contribution >= 0.6 is 0 Å². The van der Waals surface area contributed by atoms with Crippen molar-refractivity contribution in [1.29, 1.82) is 0 Å². The van der Waals surface area contributed by atoms with Gasteiger partial charge in [0.25, 0.3) is 11.8 Å². The molecule has 1 fully saturated rings. The first-order chi connectivity index (χ1) is 12.2. The number of nitrogens with zero attached hydrogens (tertiary/aromatic N) is 1. The summed E-state index contributed by atoms with van der Waals surface area (Å²) in [5.74, 6) is 0.342. The predicted octanol–water partition coefficient (Wildman–Crippen LogP) is 1.86. The molecule has 1 aliphatic rings. The first-order valence-electron chi connectivity index (χ1n) is 8.06. The molecule has 0 radical (unpaired) electrons. The van der Waals surface area contributed by atoms with Gasteiger partial charge in [-0.1, -0.05) is 24.3 Å². The molecule has 1 heterocycles. The molecule has 1 saturated heterocycles. The molecule has 0 saturated carbocycles. The van der Waals surface area contributed by atoms with E-state index in [1.165, 1.54) is 0 Å². The quantitative estimate of drug-likeness (QED) is 0.902. The van der Waals surface area contributed by atoms with Crippen LogP contribution in [-0.4, -0.2) is 44.7 Å². The van der Waals surface area contributed by atoms with Gasteiger partial charge in [-0.05, 0) is 30.3 Å². The monoisotopic (exact) mass is 340 g/mol. The number of amides is 2. The minimum absolute atomic E-state index is 0.00852. The zero-order valence-corrected chi connectivity index (χ0v) is 14.0. The lowest BCUT2D eigenvalue weighted by Crippen LogP contribution is -2.50. The molecule has 1 atom stereocenters. The van der Waals surface area contributed by atoms with E-state index in [4.69, 9.17) is 9.47 Å². The highest BCUT2D eigenvalue weighted by Crippen LogP contribution is 2.18. The summed E-state index contributed by atoms with van der Waals surface area (Å²) in [6.45, 7) is 0.739. The van der Waals surface area contributed by atoms with Crippen LogP contribution in [0.2, 0.25) is 0 Å². The zero-order chi connectivity index (χ0) is 17.6. The summed E-state index contributed by atoms with van der Waals surface area (Å²) in [5.41, 5.74) is 1.35. The summed E-state index contributed by atoms with van der Waals surface area (Å²) >= 11 is 0. The van der Waals surface area contributed by atoms with Gasteiger partial charge in [0, 0.05) is 17.8 Å². The van der Waals surface area contributed by atoms with Crippen molar-refractivity contribution >= 4 is 17.5 Å². The number of hydrogen-bond donors (Lipinski definition) is 1. The van der Waals surface area contributed by atoms with Crippen molar-refractivity contribution in [2.45, 2.75) is 6.10 Å². The first kappa shape index (κ1) is 17.0. The maximum Gasteiger partial charge on any atom is 0.253 e. The minimum atomic E-state index is -0.257. The van der Waals surface area contributed by atoms with Crippen molar-refractivity contribution in [2.24, 2.45) is 0 Å². The highest BCUT2D eigenvalue weighted by atomic mass is 16.5. The van der Waals surface area contributed by atoms with Crippen molar-refractivity contribution in [2.75, 3.05) is 31.7 Å². The molecular formula is C19H20N2O4. The average Bonchev–Trinajstić information content (AvgIpc) is 2.67. The number of benzene rings is 2. The van der Waals surface area contributed by atoms with Crippen molar-refractivity contribution in [1.82, 2.24) is 5.32 Å². The van der Waals surface area contributed by atoms with Crippen molar-refractivity contribution in [3.05, 3.63) is 60.2 Å². The maximum absolute atomic E-state index is 12.3. The van der Waals surface area contributed by atoms with Crippen LogP contribution in [0, 0.1) is 0 Å². The Hall–Kier alpha value is -2.86. The molecule has 3 rings (SSSR count). The number of methoxy groups -OCH3 is 1. The predicted molar refractivity (Wildman–Crippen MR) is 93.9 cm³/mol. The number of para-hydroxylation sites is 1. The van der Waals surface area contributed by atoms with Gasteiger partial charge in [0.2, 0.25) is 0 Å². The van der Waals surface area contributed by atoms with E-state index < -0.39 is 0 Å². The molecule has 25 heavy (non-hydrogen) atoms. The zero-order valence-electron chi connectivity index (χ0n) is 14.0. The lowest BCUT2D eigenvalue weighted by atomic mass is 10.2. The number of ether oxygens (including phenoxy) is 2. The van der Waals surface area contributed by atoms with Crippen LogP contribution in [0.5, 0.6) is 5.75 Å². The van der Waals surface area contributed by atoms with Crippen molar-refractivity contribution in [3.8, 4) is 5.75 Å². The number of hydrogen-bond acceptors (Lipinski definition) is 4. The third-order valence-corrected chi connectivity index (χ3v) is 4.02. The number of carbonyl (C=O) groups is 2. The molecule has 0 spiro atoms. The van der Waals surface area contributed by atoms with E-state index in [-0.39, 0.29) is 24.5 Å². The molecular weight excluding hydrogens is 320 g/mol. The Morgan fingerprint density at radius 3 is 2.80 bits per heavy atom. The van der Waals surface area contributed by atoms with E-state index in [1.54, 1.807) is 36.3 Å². The fraction of sp³-hybridized carbons (Fsp3) is 0.263. The van der Waals surface area contributed by atoms with Gasteiger partial charge in [-0.2, -0.15) is 0 Å². The van der Waals surface area contributed by atoms with Crippen molar-refractivity contribution in [3.63, 3.8) is 0 Å². The maximum atomic E-state index is 12.3. The second kappa shape index (κ2) is 7.81.